The molecular formula is C39H40N6O6. The van der Waals surface area contributed by atoms with Crippen LogP contribution >= 0.6 is 0 Å². The van der Waals surface area contributed by atoms with Crippen LogP contribution in [-0.4, -0.2) is 76.1 Å². The number of amides is 1. The summed E-state index contributed by atoms with van der Waals surface area (Å²) in [6, 6.07) is 30.4. The molecule has 2 heterocycles. The van der Waals surface area contributed by atoms with Gasteiger partial charge in [-0.15, -0.1) is 5.10 Å². The number of ether oxygens (including phenoxy) is 3. The Hall–Kier alpha value is -5.72. The van der Waals surface area contributed by atoms with Crippen molar-refractivity contribution >= 4 is 17.8 Å². The van der Waals surface area contributed by atoms with Crippen molar-refractivity contribution in [3.63, 3.8) is 0 Å². The van der Waals surface area contributed by atoms with E-state index in [1.165, 1.54) is 11.8 Å². The lowest BCUT2D eigenvalue weighted by molar-refractivity contribution is -0.154. The highest BCUT2D eigenvalue weighted by molar-refractivity contribution is 5.99. The van der Waals surface area contributed by atoms with Crippen LogP contribution in [-0.2, 0) is 20.8 Å². The average molecular weight is 689 g/mol. The third kappa shape index (κ3) is 7.28. The lowest BCUT2D eigenvalue weighted by Gasteiger charge is -2.37. The zero-order valence-corrected chi connectivity index (χ0v) is 28.9. The Kier molecular flexibility index (Phi) is 10.9. The summed E-state index contributed by atoms with van der Waals surface area (Å²) in [6.45, 7) is 2.76. The highest BCUT2D eigenvalue weighted by atomic mass is 16.7. The van der Waals surface area contributed by atoms with Crippen molar-refractivity contribution < 1.29 is 28.6 Å². The molecule has 1 saturated heterocycles. The van der Waals surface area contributed by atoms with E-state index in [1.54, 1.807) is 24.1 Å². The van der Waals surface area contributed by atoms with Crippen molar-refractivity contribution in [3.8, 4) is 39.4 Å². The summed E-state index contributed by atoms with van der Waals surface area (Å²) >= 11 is 0. The molecule has 262 valence electrons. The fourth-order valence-corrected chi connectivity index (χ4v) is 6.46. The number of hydrogen-bond acceptors (Lipinski definition) is 10. The van der Waals surface area contributed by atoms with Crippen molar-refractivity contribution in [2.75, 3.05) is 27.6 Å². The van der Waals surface area contributed by atoms with Crippen LogP contribution in [0.15, 0.2) is 97.1 Å². The Bertz CT molecular complexity index is 1990. The number of nitrogens with one attached hydrogen (secondary N) is 1. The zero-order chi connectivity index (χ0) is 35.8. The van der Waals surface area contributed by atoms with Crippen molar-refractivity contribution in [2.45, 2.75) is 44.8 Å². The number of carbonyl (C=O) groups is 3. The van der Waals surface area contributed by atoms with Gasteiger partial charge in [-0.3, -0.25) is 14.9 Å². The second kappa shape index (κ2) is 15.9. The van der Waals surface area contributed by atoms with E-state index < -0.39 is 11.6 Å². The molecule has 1 atom stereocenters. The second-order valence-electron chi connectivity index (χ2n) is 12.2. The monoisotopic (exact) mass is 688 g/mol. The molecular weight excluding hydrogens is 648 g/mol. The quantitative estimate of drug-likeness (QED) is 0.0892. The van der Waals surface area contributed by atoms with Crippen molar-refractivity contribution in [1.29, 1.82) is 0 Å². The van der Waals surface area contributed by atoms with Gasteiger partial charge in [-0.25, -0.2) is 4.79 Å². The lowest BCUT2D eigenvalue weighted by atomic mass is 9.98. The number of para-hydroxylation sites is 1. The summed E-state index contributed by atoms with van der Waals surface area (Å²) in [6.07, 6.45) is 2.06. The highest BCUT2D eigenvalue weighted by Crippen LogP contribution is 2.34. The normalized spacial score (nSPS) is 15.5. The standard InChI is InChI=1S/C39H40N6O6/c1-4-10-35(46)45-36(41-42-43-45)33-13-6-5-11-31(33)28-17-15-27(16-18-28)25-40-39(38(48)50-3)23-9-24-44(39)37(47)30-21-19-29(20-22-30)32-12-7-8-14-34(32)51-26-49-2/h5-8,11-22,40H,4,9-10,23-26H2,1-3H3. The summed E-state index contributed by atoms with van der Waals surface area (Å²) in [5.74, 6) is 0.100. The number of nitrogens with zero attached hydrogens (tertiary/aromatic N) is 5. The number of aromatic nitrogens is 4. The fraction of sp³-hybridized carbons (Fsp3) is 0.282. The summed E-state index contributed by atoms with van der Waals surface area (Å²) in [4.78, 5) is 41.7. The number of esters is 1. The van der Waals surface area contributed by atoms with E-state index in [0.717, 1.165) is 33.4 Å². The number of likely N-dealkylation sites (tertiary alicyclic amines) is 1. The zero-order valence-electron chi connectivity index (χ0n) is 28.9. The first-order valence-electron chi connectivity index (χ1n) is 16.9. The van der Waals surface area contributed by atoms with Gasteiger partial charge in [-0.1, -0.05) is 85.8 Å². The molecule has 0 saturated carbocycles. The van der Waals surface area contributed by atoms with Gasteiger partial charge in [0.05, 0.1) is 7.11 Å². The molecule has 1 unspecified atom stereocenters. The Morgan fingerprint density at radius 3 is 2.22 bits per heavy atom. The van der Waals surface area contributed by atoms with E-state index >= 15 is 0 Å². The highest BCUT2D eigenvalue weighted by Gasteiger charge is 2.50. The maximum Gasteiger partial charge on any atom is 0.347 e. The van der Waals surface area contributed by atoms with E-state index in [-0.39, 0.29) is 18.6 Å². The molecule has 12 heteroatoms. The molecule has 51 heavy (non-hydrogen) atoms. The summed E-state index contributed by atoms with van der Waals surface area (Å²) in [5.41, 5.74) is 4.29. The molecule has 1 fully saturated rings. The van der Waals surface area contributed by atoms with Gasteiger partial charge in [-0.2, -0.15) is 4.68 Å². The Morgan fingerprint density at radius 2 is 1.51 bits per heavy atom. The molecule has 1 aromatic heterocycles. The minimum Gasteiger partial charge on any atom is -0.467 e. The smallest absolute Gasteiger partial charge is 0.347 e. The van der Waals surface area contributed by atoms with Crippen LogP contribution < -0.4 is 10.1 Å². The van der Waals surface area contributed by atoms with Gasteiger partial charge in [0.15, 0.2) is 18.3 Å². The molecule has 6 rings (SSSR count). The van der Waals surface area contributed by atoms with Crippen LogP contribution in [0.2, 0.25) is 0 Å². The van der Waals surface area contributed by atoms with Gasteiger partial charge in [-0.05, 0) is 70.1 Å². The SMILES string of the molecule is CCCC(=O)n1nnnc1-c1ccccc1-c1ccc(CNC2(C(=O)OC)CCCN2C(=O)c2ccc(-c3ccccc3OCOC)cc2)cc1. The lowest BCUT2D eigenvalue weighted by Crippen LogP contribution is -2.62. The van der Waals surface area contributed by atoms with E-state index in [0.29, 0.717) is 55.9 Å². The molecule has 5 aromatic rings. The number of benzene rings is 4. The summed E-state index contributed by atoms with van der Waals surface area (Å²) < 4.78 is 17.3. The molecule has 1 amide bonds. The largest absolute Gasteiger partial charge is 0.467 e. The maximum atomic E-state index is 14.0. The summed E-state index contributed by atoms with van der Waals surface area (Å²) in [5, 5.41) is 15.3. The van der Waals surface area contributed by atoms with Crippen LogP contribution in [0.5, 0.6) is 5.75 Å². The molecule has 0 aliphatic carbocycles. The molecule has 0 radical (unpaired) electrons. The first kappa shape index (κ1) is 35.1. The maximum absolute atomic E-state index is 14.0. The number of carbonyl (C=O) groups excluding carboxylic acids is 3. The van der Waals surface area contributed by atoms with Gasteiger partial charge in [0.2, 0.25) is 5.91 Å². The topological polar surface area (TPSA) is 138 Å². The van der Waals surface area contributed by atoms with E-state index in [4.69, 9.17) is 14.2 Å². The minimum atomic E-state index is -1.33. The van der Waals surface area contributed by atoms with Crippen molar-refractivity contribution in [2.24, 2.45) is 0 Å². The molecule has 0 bridgehead atoms. The van der Waals surface area contributed by atoms with E-state index in [9.17, 15) is 14.4 Å². The molecule has 1 aliphatic rings. The average Bonchev–Trinajstić information content (AvgIpc) is 3.85. The van der Waals surface area contributed by atoms with Crippen molar-refractivity contribution in [1.82, 2.24) is 30.4 Å². The first-order valence-corrected chi connectivity index (χ1v) is 16.9. The Labute approximate surface area is 296 Å². The van der Waals surface area contributed by atoms with Crippen LogP contribution in [0.1, 0.15) is 53.3 Å². The van der Waals surface area contributed by atoms with Gasteiger partial charge in [0, 0.05) is 43.3 Å². The third-order valence-corrected chi connectivity index (χ3v) is 9.00. The number of tetrazole rings is 1. The summed E-state index contributed by atoms with van der Waals surface area (Å²) in [7, 11) is 2.90. The van der Waals surface area contributed by atoms with Crippen LogP contribution in [0.25, 0.3) is 33.6 Å². The van der Waals surface area contributed by atoms with E-state index in [1.807, 2.05) is 91.9 Å². The minimum absolute atomic E-state index is 0.119. The molecule has 4 aromatic carbocycles. The van der Waals surface area contributed by atoms with Gasteiger partial charge in [0.1, 0.15) is 5.75 Å². The third-order valence-electron chi connectivity index (χ3n) is 9.00. The first-order chi connectivity index (χ1) is 24.9. The number of hydrogen-bond donors (Lipinski definition) is 1. The Balaban J connectivity index is 1.20. The van der Waals surface area contributed by atoms with Crippen molar-refractivity contribution in [3.05, 3.63) is 108 Å². The predicted molar refractivity (Wildman–Crippen MR) is 190 cm³/mol. The van der Waals surface area contributed by atoms with Gasteiger partial charge in [0.25, 0.3) is 5.91 Å². The van der Waals surface area contributed by atoms with E-state index in [2.05, 4.69) is 20.8 Å². The predicted octanol–water partition coefficient (Wildman–Crippen LogP) is 5.99. The van der Waals surface area contributed by atoms with Crippen LogP contribution in [0, 0.1) is 0 Å². The number of rotatable bonds is 13. The second-order valence-corrected chi connectivity index (χ2v) is 12.2. The Morgan fingerprint density at radius 1 is 0.843 bits per heavy atom. The molecule has 1 aliphatic heterocycles. The molecule has 1 N–H and O–H groups in total. The van der Waals surface area contributed by atoms with Gasteiger partial charge < -0.3 is 19.1 Å². The number of methoxy groups -OCH3 is 2. The molecule has 12 nitrogen and oxygen atoms in total. The molecule has 0 spiro atoms. The van der Waals surface area contributed by atoms with Crippen LogP contribution in [0.3, 0.4) is 0 Å². The van der Waals surface area contributed by atoms with Gasteiger partial charge >= 0.3 is 5.97 Å². The van der Waals surface area contributed by atoms with Crippen LogP contribution in [0.4, 0.5) is 0 Å². The fourth-order valence-electron chi connectivity index (χ4n) is 6.46.